The average molecular weight is 545 g/mol. The second-order valence-electron chi connectivity index (χ2n) is 12.4. The van der Waals surface area contributed by atoms with Gasteiger partial charge in [-0.2, -0.15) is 8.78 Å². The third-order valence-corrected chi connectivity index (χ3v) is 9.78. The molecular formula is C30H41F5O3. The van der Waals surface area contributed by atoms with E-state index in [1.807, 2.05) is 0 Å². The molecule has 5 rings (SSSR count). The first-order valence-corrected chi connectivity index (χ1v) is 14.6. The molecule has 4 aliphatic rings. The zero-order valence-electron chi connectivity index (χ0n) is 22.3. The van der Waals surface area contributed by atoms with Crippen molar-refractivity contribution in [2.75, 3.05) is 13.2 Å². The summed E-state index contributed by atoms with van der Waals surface area (Å²) in [5.41, 5.74) is 0.372. The van der Waals surface area contributed by atoms with E-state index in [1.165, 1.54) is 25.7 Å². The molecule has 1 heterocycles. The molecule has 1 aromatic rings. The second-order valence-corrected chi connectivity index (χ2v) is 12.4. The number of hydrogen-bond donors (Lipinski definition) is 0. The number of rotatable bonds is 6. The molecule has 8 heteroatoms. The van der Waals surface area contributed by atoms with Crippen LogP contribution in [-0.4, -0.2) is 31.7 Å². The Bertz CT molecular complexity index is 887. The van der Waals surface area contributed by atoms with Crippen LogP contribution in [0, 0.1) is 47.0 Å². The van der Waals surface area contributed by atoms with Crippen LogP contribution in [0.15, 0.2) is 12.1 Å². The highest BCUT2D eigenvalue weighted by molar-refractivity contribution is 5.23. The van der Waals surface area contributed by atoms with Crippen LogP contribution in [0.2, 0.25) is 0 Å². The second kappa shape index (κ2) is 12.1. The molecule has 0 aromatic heterocycles. The Morgan fingerprint density at radius 3 is 1.84 bits per heavy atom. The molecule has 1 aliphatic heterocycles. The lowest BCUT2D eigenvalue weighted by atomic mass is 9.76. The molecule has 214 valence electrons. The van der Waals surface area contributed by atoms with Gasteiger partial charge in [-0.1, -0.05) is 19.8 Å². The molecule has 0 radical (unpaired) electrons. The van der Waals surface area contributed by atoms with Crippen molar-refractivity contribution in [2.24, 2.45) is 29.6 Å². The van der Waals surface area contributed by atoms with Crippen LogP contribution in [0.5, 0.6) is 0 Å². The molecule has 4 fully saturated rings. The highest BCUT2D eigenvalue weighted by Crippen LogP contribution is 2.45. The minimum Gasteiger partial charge on any atom is -0.352 e. The molecule has 0 unspecified atom stereocenters. The van der Waals surface area contributed by atoms with Crippen molar-refractivity contribution in [3.63, 3.8) is 0 Å². The smallest absolute Gasteiger partial charge is 0.352 e. The van der Waals surface area contributed by atoms with Gasteiger partial charge in [0.25, 0.3) is 0 Å². The molecule has 0 bridgehead atoms. The first-order chi connectivity index (χ1) is 18.2. The van der Waals surface area contributed by atoms with Crippen LogP contribution >= 0.6 is 0 Å². The van der Waals surface area contributed by atoms with Crippen LogP contribution in [0.1, 0.15) is 95.5 Å². The molecule has 1 saturated heterocycles. The molecular weight excluding hydrogens is 503 g/mol. The van der Waals surface area contributed by atoms with Crippen molar-refractivity contribution in [1.29, 1.82) is 0 Å². The Kier molecular flexibility index (Phi) is 9.00. The highest BCUT2D eigenvalue weighted by atomic mass is 19.3. The van der Waals surface area contributed by atoms with Crippen molar-refractivity contribution in [3.05, 3.63) is 35.1 Å². The van der Waals surface area contributed by atoms with Crippen LogP contribution in [0.3, 0.4) is 0 Å². The lowest BCUT2D eigenvalue weighted by Crippen LogP contribution is -2.43. The fraction of sp³-hybridized carbons (Fsp3) is 0.800. The van der Waals surface area contributed by atoms with Gasteiger partial charge in [0.1, 0.15) is 0 Å². The predicted molar refractivity (Wildman–Crippen MR) is 133 cm³/mol. The van der Waals surface area contributed by atoms with E-state index in [9.17, 15) is 13.2 Å². The van der Waals surface area contributed by atoms with Crippen molar-refractivity contribution >= 4 is 0 Å². The summed E-state index contributed by atoms with van der Waals surface area (Å²) in [6.45, 7) is 3.74. The van der Waals surface area contributed by atoms with E-state index in [0.717, 1.165) is 18.1 Å². The standard InChI is InChI=1S/C30H41F5O3/c1-18-2-4-20(5-3-18)23-16-36-29(37-17-23)21-6-10-24(11-7-21)30(34,35)38-25-12-8-19(9-13-25)22-14-26(31)28(33)27(32)15-22/h14-15,18-21,23-25,29H,2-13,16-17H2,1H3. The van der Waals surface area contributed by atoms with Gasteiger partial charge in [-0.3, -0.25) is 0 Å². The molecule has 3 saturated carbocycles. The van der Waals surface area contributed by atoms with E-state index < -0.39 is 35.6 Å². The normalized spacial score (nSPS) is 37.2. The largest absolute Gasteiger partial charge is 0.358 e. The quantitative estimate of drug-likeness (QED) is 0.266. The van der Waals surface area contributed by atoms with Crippen LogP contribution in [0.25, 0.3) is 0 Å². The molecule has 0 atom stereocenters. The van der Waals surface area contributed by atoms with Crippen molar-refractivity contribution in [2.45, 2.75) is 108 Å². The Morgan fingerprint density at radius 1 is 0.711 bits per heavy atom. The summed E-state index contributed by atoms with van der Waals surface area (Å²) >= 11 is 0. The highest BCUT2D eigenvalue weighted by Gasteiger charge is 2.46. The van der Waals surface area contributed by atoms with Gasteiger partial charge in [-0.25, -0.2) is 13.2 Å². The van der Waals surface area contributed by atoms with E-state index in [2.05, 4.69) is 6.92 Å². The Labute approximate surface area is 222 Å². The molecule has 38 heavy (non-hydrogen) atoms. The predicted octanol–water partition coefficient (Wildman–Crippen LogP) is 8.36. The minimum absolute atomic E-state index is 0.140. The van der Waals surface area contributed by atoms with E-state index in [0.29, 0.717) is 82.0 Å². The summed E-state index contributed by atoms with van der Waals surface area (Å²) in [6, 6.07) is 2.02. The SMILES string of the molecule is CC1CCC(C2COC(C3CCC(C(F)(F)OC4CCC(c5cc(F)c(F)c(F)c5)CC4)CC3)OC2)CC1. The third kappa shape index (κ3) is 6.55. The number of ether oxygens (including phenoxy) is 3. The van der Waals surface area contributed by atoms with Gasteiger partial charge in [0, 0.05) is 11.8 Å². The molecule has 3 nitrogen and oxygen atoms in total. The van der Waals surface area contributed by atoms with Gasteiger partial charge in [0.2, 0.25) is 0 Å². The number of alkyl halides is 2. The fourth-order valence-corrected chi connectivity index (χ4v) is 7.21. The van der Waals surface area contributed by atoms with Gasteiger partial charge in [-0.15, -0.1) is 0 Å². The van der Waals surface area contributed by atoms with Crippen molar-refractivity contribution < 1.29 is 36.2 Å². The maximum Gasteiger partial charge on any atom is 0.358 e. The summed E-state index contributed by atoms with van der Waals surface area (Å²) in [4.78, 5) is 0. The Hall–Kier alpha value is -1.25. The lowest BCUT2D eigenvalue weighted by Gasteiger charge is -2.42. The van der Waals surface area contributed by atoms with Gasteiger partial charge in [0.15, 0.2) is 23.7 Å². The molecule has 0 spiro atoms. The summed E-state index contributed by atoms with van der Waals surface area (Å²) in [5, 5.41) is 0. The molecule has 0 amide bonds. The minimum atomic E-state index is -3.21. The lowest BCUT2D eigenvalue weighted by molar-refractivity contribution is -0.305. The summed E-state index contributed by atoms with van der Waals surface area (Å²) in [6.07, 6.45) is 4.63. The van der Waals surface area contributed by atoms with Crippen LogP contribution in [0.4, 0.5) is 22.0 Å². The van der Waals surface area contributed by atoms with Gasteiger partial charge in [-0.05, 0) is 99.7 Å². The first-order valence-electron chi connectivity index (χ1n) is 14.6. The van der Waals surface area contributed by atoms with Gasteiger partial charge >= 0.3 is 6.11 Å². The molecule has 1 aromatic carbocycles. The summed E-state index contributed by atoms with van der Waals surface area (Å²) in [5.74, 6) is -2.88. The molecule has 0 N–H and O–H groups in total. The first kappa shape index (κ1) is 28.3. The average Bonchev–Trinajstić information content (AvgIpc) is 2.92. The van der Waals surface area contributed by atoms with E-state index >= 15 is 8.78 Å². The van der Waals surface area contributed by atoms with Gasteiger partial charge < -0.3 is 14.2 Å². The Morgan fingerprint density at radius 2 is 1.26 bits per heavy atom. The maximum absolute atomic E-state index is 15.1. The third-order valence-electron chi connectivity index (χ3n) is 9.78. The summed E-state index contributed by atoms with van der Waals surface area (Å²) < 4.78 is 88.2. The maximum atomic E-state index is 15.1. The van der Waals surface area contributed by atoms with Crippen molar-refractivity contribution in [1.82, 2.24) is 0 Å². The fourth-order valence-electron chi connectivity index (χ4n) is 7.21. The number of benzene rings is 1. The number of halogens is 5. The zero-order chi connectivity index (χ0) is 26.9. The topological polar surface area (TPSA) is 27.7 Å². The van der Waals surface area contributed by atoms with E-state index in [1.54, 1.807) is 0 Å². The van der Waals surface area contributed by atoms with Crippen LogP contribution in [-0.2, 0) is 14.2 Å². The van der Waals surface area contributed by atoms with E-state index in [4.69, 9.17) is 14.2 Å². The van der Waals surface area contributed by atoms with Crippen molar-refractivity contribution in [3.8, 4) is 0 Å². The summed E-state index contributed by atoms with van der Waals surface area (Å²) in [7, 11) is 0. The zero-order valence-corrected chi connectivity index (χ0v) is 22.3. The van der Waals surface area contributed by atoms with E-state index in [-0.39, 0.29) is 18.1 Å². The Balaban J connectivity index is 1.04. The van der Waals surface area contributed by atoms with Gasteiger partial charge in [0.05, 0.1) is 25.2 Å². The molecule has 3 aliphatic carbocycles. The number of hydrogen-bond acceptors (Lipinski definition) is 3. The van der Waals surface area contributed by atoms with Crippen LogP contribution < -0.4 is 0 Å². The monoisotopic (exact) mass is 544 g/mol.